The molecule has 0 heterocycles. The third-order valence-corrected chi connectivity index (χ3v) is 4.36. The number of nitrogens with two attached hydrogens (primary N) is 1. The van der Waals surface area contributed by atoms with E-state index in [0.29, 0.717) is 16.0 Å². The molecule has 0 amide bonds. The Morgan fingerprint density at radius 1 is 1.56 bits per heavy atom. The zero-order valence-electron chi connectivity index (χ0n) is 9.08. The van der Waals surface area contributed by atoms with Crippen LogP contribution < -0.4 is 5.73 Å². The first-order chi connectivity index (χ1) is 7.50. The molecule has 0 spiro atoms. The highest BCUT2D eigenvalue weighted by Crippen LogP contribution is 2.21. The summed E-state index contributed by atoms with van der Waals surface area (Å²) >= 11 is 3.15. The molecule has 5 heteroatoms. The lowest BCUT2D eigenvalue weighted by Crippen LogP contribution is -2.18. The third kappa shape index (κ3) is 4.31. The Hall–Kier alpha value is -0.260. The van der Waals surface area contributed by atoms with Gasteiger partial charge in [0.2, 0.25) is 0 Å². The van der Waals surface area contributed by atoms with Gasteiger partial charge in [0.1, 0.15) is 5.82 Å². The molecule has 2 unspecified atom stereocenters. The van der Waals surface area contributed by atoms with Gasteiger partial charge in [0.15, 0.2) is 0 Å². The summed E-state index contributed by atoms with van der Waals surface area (Å²) in [7, 11) is -0.987. The maximum atomic E-state index is 13.2. The van der Waals surface area contributed by atoms with Crippen molar-refractivity contribution in [1.29, 1.82) is 0 Å². The average Bonchev–Trinajstić information content (AvgIpc) is 2.22. The summed E-state index contributed by atoms with van der Waals surface area (Å²) in [6.45, 7) is 1.88. The number of benzene rings is 1. The Labute approximate surface area is 106 Å². The van der Waals surface area contributed by atoms with E-state index >= 15 is 0 Å². The molecule has 0 fully saturated rings. The number of hydrogen-bond acceptors (Lipinski definition) is 2. The minimum Gasteiger partial charge on any atom is -0.328 e. The Kier molecular flexibility index (Phi) is 5.58. The van der Waals surface area contributed by atoms with Gasteiger partial charge in [-0.2, -0.15) is 0 Å². The zero-order valence-corrected chi connectivity index (χ0v) is 11.5. The van der Waals surface area contributed by atoms with Crippen LogP contribution in [0.5, 0.6) is 0 Å². The molecule has 2 atom stereocenters. The fraction of sp³-hybridized carbons (Fsp3) is 0.455. The Bertz CT molecular complexity index is 384. The van der Waals surface area contributed by atoms with Gasteiger partial charge in [-0.15, -0.1) is 0 Å². The molecule has 16 heavy (non-hydrogen) atoms. The molecular formula is C11H15BrFNOS. The molecular weight excluding hydrogens is 293 g/mol. The van der Waals surface area contributed by atoms with Crippen molar-refractivity contribution in [3.8, 4) is 0 Å². The van der Waals surface area contributed by atoms with Gasteiger partial charge in [-0.3, -0.25) is 4.21 Å². The summed E-state index contributed by atoms with van der Waals surface area (Å²) in [5.74, 6) is 0.604. The van der Waals surface area contributed by atoms with Crippen molar-refractivity contribution in [2.45, 2.75) is 25.1 Å². The lowest BCUT2D eigenvalue weighted by atomic mass is 10.2. The minimum atomic E-state index is -0.987. The van der Waals surface area contributed by atoms with Gasteiger partial charge in [-0.05, 0) is 40.9 Å². The molecule has 1 aromatic rings. The van der Waals surface area contributed by atoms with Crippen molar-refractivity contribution in [1.82, 2.24) is 0 Å². The van der Waals surface area contributed by atoms with Crippen molar-refractivity contribution in [2.75, 3.05) is 5.75 Å². The topological polar surface area (TPSA) is 43.1 Å². The van der Waals surface area contributed by atoms with Crippen molar-refractivity contribution < 1.29 is 8.60 Å². The highest BCUT2D eigenvalue weighted by atomic mass is 79.9. The van der Waals surface area contributed by atoms with Crippen LogP contribution in [-0.2, 0) is 16.6 Å². The normalized spacial score (nSPS) is 14.8. The summed E-state index contributed by atoms with van der Waals surface area (Å²) in [5.41, 5.74) is 6.32. The first-order valence-electron chi connectivity index (χ1n) is 5.04. The average molecular weight is 308 g/mol. The second kappa shape index (κ2) is 6.47. The maximum Gasteiger partial charge on any atom is 0.137 e. The molecule has 90 valence electrons. The molecule has 0 saturated carbocycles. The Morgan fingerprint density at radius 2 is 2.25 bits per heavy atom. The summed E-state index contributed by atoms with van der Waals surface area (Å²) in [4.78, 5) is 0. The minimum absolute atomic E-state index is 0.0555. The molecule has 0 bridgehead atoms. The van der Waals surface area contributed by atoms with Crippen molar-refractivity contribution in [2.24, 2.45) is 5.73 Å². The highest BCUT2D eigenvalue weighted by molar-refractivity contribution is 9.10. The van der Waals surface area contributed by atoms with Gasteiger partial charge in [0.25, 0.3) is 0 Å². The molecule has 0 radical (unpaired) electrons. The number of rotatable bonds is 5. The maximum absolute atomic E-state index is 13.2. The molecule has 0 aromatic heterocycles. The van der Waals surface area contributed by atoms with Crippen molar-refractivity contribution in [3.63, 3.8) is 0 Å². The lowest BCUT2D eigenvalue weighted by molar-refractivity contribution is 0.619. The molecule has 0 saturated heterocycles. The monoisotopic (exact) mass is 307 g/mol. The fourth-order valence-electron chi connectivity index (χ4n) is 1.22. The van der Waals surface area contributed by atoms with Crippen LogP contribution >= 0.6 is 15.9 Å². The highest BCUT2D eigenvalue weighted by Gasteiger charge is 2.09. The fourth-order valence-corrected chi connectivity index (χ4v) is 3.18. The molecule has 2 N–H and O–H groups in total. The summed E-state index contributed by atoms with van der Waals surface area (Å²) in [6, 6.07) is 4.83. The standard InChI is InChI=1S/C11H15BrFNOS/c1-8(14)5-6-16(15)7-9-3-2-4-10(13)11(9)12/h2-4,8H,5-7,14H2,1H3. The van der Waals surface area contributed by atoms with Crippen LogP contribution in [0.1, 0.15) is 18.9 Å². The van der Waals surface area contributed by atoms with Crippen LogP contribution in [0.2, 0.25) is 0 Å². The van der Waals surface area contributed by atoms with E-state index in [4.69, 9.17) is 5.73 Å². The van der Waals surface area contributed by atoms with E-state index in [1.165, 1.54) is 6.07 Å². The van der Waals surface area contributed by atoms with E-state index in [9.17, 15) is 8.60 Å². The second-order valence-corrected chi connectivity index (χ2v) is 6.14. The molecule has 0 aliphatic heterocycles. The van der Waals surface area contributed by atoms with Crippen LogP contribution in [0.25, 0.3) is 0 Å². The Morgan fingerprint density at radius 3 is 2.88 bits per heavy atom. The van der Waals surface area contributed by atoms with Gasteiger partial charge in [0.05, 0.1) is 4.47 Å². The van der Waals surface area contributed by atoms with E-state index in [0.717, 1.165) is 12.0 Å². The van der Waals surface area contributed by atoms with Crippen molar-refractivity contribution >= 4 is 26.7 Å². The first-order valence-corrected chi connectivity index (χ1v) is 7.32. The summed E-state index contributed by atoms with van der Waals surface area (Å²) in [6.07, 6.45) is 0.722. The van der Waals surface area contributed by atoms with E-state index < -0.39 is 10.8 Å². The summed E-state index contributed by atoms with van der Waals surface area (Å²) in [5, 5.41) is 0. The van der Waals surface area contributed by atoms with Crippen LogP contribution in [0, 0.1) is 5.82 Å². The lowest BCUT2D eigenvalue weighted by Gasteiger charge is -2.07. The summed E-state index contributed by atoms with van der Waals surface area (Å²) < 4.78 is 25.3. The van der Waals surface area contributed by atoms with Gasteiger partial charge in [-0.1, -0.05) is 12.1 Å². The van der Waals surface area contributed by atoms with Gasteiger partial charge >= 0.3 is 0 Å². The van der Waals surface area contributed by atoms with Gasteiger partial charge < -0.3 is 5.73 Å². The van der Waals surface area contributed by atoms with Crippen LogP contribution in [0.4, 0.5) is 4.39 Å². The van der Waals surface area contributed by atoms with Crippen molar-refractivity contribution in [3.05, 3.63) is 34.1 Å². The molecule has 0 aliphatic rings. The van der Waals surface area contributed by atoms with Crippen LogP contribution in [0.3, 0.4) is 0 Å². The molecule has 1 rings (SSSR count). The van der Waals surface area contributed by atoms with Gasteiger partial charge in [-0.25, -0.2) is 4.39 Å². The second-order valence-electron chi connectivity index (χ2n) is 3.77. The zero-order chi connectivity index (χ0) is 12.1. The van der Waals surface area contributed by atoms with E-state index in [1.807, 2.05) is 6.92 Å². The largest absolute Gasteiger partial charge is 0.328 e. The quantitative estimate of drug-likeness (QED) is 0.908. The van der Waals surface area contributed by atoms with E-state index in [1.54, 1.807) is 12.1 Å². The SMILES string of the molecule is CC(N)CCS(=O)Cc1cccc(F)c1Br. The smallest absolute Gasteiger partial charge is 0.137 e. The predicted octanol–water partition coefficient (Wildman–Crippen LogP) is 2.57. The number of hydrogen-bond donors (Lipinski definition) is 1. The van der Waals surface area contributed by atoms with E-state index in [2.05, 4.69) is 15.9 Å². The molecule has 1 aromatic carbocycles. The third-order valence-electron chi connectivity index (χ3n) is 2.15. The Balaban J connectivity index is 2.59. The van der Waals surface area contributed by atoms with Gasteiger partial charge in [0, 0.05) is 28.3 Å². The van der Waals surface area contributed by atoms with Crippen LogP contribution in [-0.4, -0.2) is 16.0 Å². The molecule has 2 nitrogen and oxygen atoms in total. The van der Waals surface area contributed by atoms with Crippen LogP contribution in [0.15, 0.2) is 22.7 Å². The predicted molar refractivity (Wildman–Crippen MR) is 69.1 cm³/mol. The molecule has 0 aliphatic carbocycles. The number of halogens is 2. The first kappa shape index (κ1) is 13.8. The van der Waals surface area contributed by atoms with E-state index in [-0.39, 0.29) is 11.9 Å².